The van der Waals surface area contributed by atoms with Crippen molar-refractivity contribution in [3.63, 3.8) is 0 Å². The van der Waals surface area contributed by atoms with Gasteiger partial charge in [0.25, 0.3) is 0 Å². The molecule has 1 atom stereocenters. The summed E-state index contributed by atoms with van der Waals surface area (Å²) in [5, 5.41) is 8.62. The number of hydrogen-bond donors (Lipinski definition) is 1. The van der Waals surface area contributed by atoms with Gasteiger partial charge in [0.2, 0.25) is 0 Å². The lowest BCUT2D eigenvalue weighted by molar-refractivity contribution is -0.139. The third-order valence-electron chi connectivity index (χ3n) is 4.47. The van der Waals surface area contributed by atoms with Gasteiger partial charge in [-0.15, -0.1) is 0 Å². The molecular weight excluding hydrogens is 332 g/mol. The molecule has 5 heteroatoms. The van der Waals surface area contributed by atoms with Crippen molar-refractivity contribution in [2.45, 2.75) is 96.5 Å². The van der Waals surface area contributed by atoms with Crippen LogP contribution in [0.5, 0.6) is 0 Å². The van der Waals surface area contributed by atoms with Crippen LogP contribution < -0.4 is 0 Å². The van der Waals surface area contributed by atoms with E-state index < -0.39 is 5.97 Å². The van der Waals surface area contributed by atoms with Gasteiger partial charge in [-0.2, -0.15) is 0 Å². The molecule has 0 saturated heterocycles. The minimum Gasteiger partial charge on any atom is -0.481 e. The van der Waals surface area contributed by atoms with Crippen LogP contribution in [0.4, 0.5) is 0 Å². The highest BCUT2D eigenvalue weighted by Crippen LogP contribution is 2.12. The molecule has 0 aromatic heterocycles. The summed E-state index contributed by atoms with van der Waals surface area (Å²) in [4.78, 5) is 10.5. The van der Waals surface area contributed by atoms with Gasteiger partial charge in [-0.25, -0.2) is 0 Å². The molecule has 0 aromatic carbocycles. The molecule has 0 aromatic rings. The largest absolute Gasteiger partial charge is 0.481 e. The molecule has 0 spiro atoms. The Hall–Kier alpha value is -0.650. The van der Waals surface area contributed by atoms with Gasteiger partial charge in [0.1, 0.15) is 6.10 Å². The summed E-state index contributed by atoms with van der Waals surface area (Å²) in [7, 11) is 1.61. The third-order valence-corrected chi connectivity index (χ3v) is 4.47. The highest BCUT2D eigenvalue weighted by atomic mass is 16.6. The molecule has 1 unspecified atom stereocenters. The van der Waals surface area contributed by atoms with Gasteiger partial charge in [-0.1, -0.05) is 77.6 Å². The second-order valence-electron chi connectivity index (χ2n) is 7.06. The zero-order valence-electron chi connectivity index (χ0n) is 17.2. The van der Waals surface area contributed by atoms with Crippen LogP contribution in [0, 0.1) is 0 Å². The van der Waals surface area contributed by atoms with Gasteiger partial charge in [-0.05, 0) is 6.42 Å². The number of carbonyl (C=O) groups is 1. The second-order valence-corrected chi connectivity index (χ2v) is 7.06. The molecule has 5 nitrogen and oxygen atoms in total. The average molecular weight is 375 g/mol. The van der Waals surface area contributed by atoms with E-state index in [-0.39, 0.29) is 19.1 Å². The SMILES string of the molecule is CCCCCCCCCCCCCCOCC(COC)OCCC(=O)O. The van der Waals surface area contributed by atoms with E-state index in [2.05, 4.69) is 6.92 Å². The summed E-state index contributed by atoms with van der Waals surface area (Å²) >= 11 is 0. The Morgan fingerprint density at radius 2 is 1.35 bits per heavy atom. The highest BCUT2D eigenvalue weighted by Gasteiger charge is 2.10. The number of unbranched alkanes of at least 4 members (excludes halogenated alkanes) is 11. The Kier molecular flexibility index (Phi) is 20.1. The number of carboxylic acids is 1. The summed E-state index contributed by atoms with van der Waals surface area (Å²) in [5.74, 6) is -0.849. The molecule has 0 radical (unpaired) electrons. The van der Waals surface area contributed by atoms with Crippen LogP contribution in [0.25, 0.3) is 0 Å². The number of aliphatic carboxylic acids is 1. The maximum Gasteiger partial charge on any atom is 0.305 e. The Morgan fingerprint density at radius 3 is 1.85 bits per heavy atom. The van der Waals surface area contributed by atoms with E-state index in [0.717, 1.165) is 13.0 Å². The summed E-state index contributed by atoms with van der Waals surface area (Å²) in [6, 6.07) is 0. The normalized spacial score (nSPS) is 12.4. The first-order chi connectivity index (χ1) is 12.7. The molecule has 26 heavy (non-hydrogen) atoms. The summed E-state index contributed by atoms with van der Waals surface area (Å²) in [5.41, 5.74) is 0. The number of carboxylic acid groups (broad SMARTS) is 1. The smallest absolute Gasteiger partial charge is 0.305 e. The highest BCUT2D eigenvalue weighted by molar-refractivity contribution is 5.66. The Balaban J connectivity index is 3.33. The minimum absolute atomic E-state index is 0.0129. The van der Waals surface area contributed by atoms with Crippen LogP contribution in [-0.2, 0) is 19.0 Å². The van der Waals surface area contributed by atoms with Gasteiger partial charge in [0, 0.05) is 13.7 Å². The Bertz CT molecular complexity index is 296. The van der Waals surface area contributed by atoms with Gasteiger partial charge in [0.05, 0.1) is 26.2 Å². The van der Waals surface area contributed by atoms with Crippen molar-refractivity contribution in [1.29, 1.82) is 0 Å². The quantitative estimate of drug-likeness (QED) is 0.279. The molecular formula is C21H42O5. The fourth-order valence-electron chi connectivity index (χ4n) is 2.90. The average Bonchev–Trinajstić information content (AvgIpc) is 2.61. The summed E-state index contributed by atoms with van der Waals surface area (Å²) in [6.07, 6.45) is 15.8. The van der Waals surface area contributed by atoms with Crippen LogP contribution in [0.2, 0.25) is 0 Å². The van der Waals surface area contributed by atoms with Crippen LogP contribution >= 0.6 is 0 Å². The van der Waals surface area contributed by atoms with E-state index in [9.17, 15) is 4.79 Å². The van der Waals surface area contributed by atoms with Crippen molar-refractivity contribution < 1.29 is 24.1 Å². The van der Waals surface area contributed by atoms with E-state index in [4.69, 9.17) is 19.3 Å². The zero-order valence-corrected chi connectivity index (χ0v) is 17.2. The molecule has 0 heterocycles. The first-order valence-corrected chi connectivity index (χ1v) is 10.6. The van der Waals surface area contributed by atoms with Crippen LogP contribution in [0.1, 0.15) is 90.4 Å². The lowest BCUT2D eigenvalue weighted by Gasteiger charge is -2.16. The Morgan fingerprint density at radius 1 is 0.808 bits per heavy atom. The van der Waals surface area contributed by atoms with E-state index >= 15 is 0 Å². The van der Waals surface area contributed by atoms with E-state index in [0.29, 0.717) is 13.2 Å². The molecule has 0 bridgehead atoms. The third kappa shape index (κ3) is 19.7. The van der Waals surface area contributed by atoms with Crippen molar-refractivity contribution in [2.75, 3.05) is 33.5 Å². The first-order valence-electron chi connectivity index (χ1n) is 10.6. The van der Waals surface area contributed by atoms with E-state index in [1.54, 1.807) is 7.11 Å². The molecule has 0 saturated carbocycles. The molecule has 156 valence electrons. The fraction of sp³-hybridized carbons (Fsp3) is 0.952. The molecule has 0 aliphatic rings. The monoisotopic (exact) mass is 374 g/mol. The molecule has 0 aliphatic carbocycles. The topological polar surface area (TPSA) is 65.0 Å². The predicted molar refractivity (Wildman–Crippen MR) is 106 cm³/mol. The van der Waals surface area contributed by atoms with Crippen molar-refractivity contribution in [3.05, 3.63) is 0 Å². The van der Waals surface area contributed by atoms with Crippen molar-refractivity contribution in [1.82, 2.24) is 0 Å². The van der Waals surface area contributed by atoms with Crippen molar-refractivity contribution in [2.24, 2.45) is 0 Å². The second kappa shape index (κ2) is 20.7. The molecule has 0 rings (SSSR count). The number of methoxy groups -OCH3 is 1. The maximum absolute atomic E-state index is 10.5. The van der Waals surface area contributed by atoms with E-state index in [1.165, 1.54) is 70.6 Å². The lowest BCUT2D eigenvalue weighted by Crippen LogP contribution is -2.26. The zero-order chi connectivity index (χ0) is 19.3. The molecule has 0 aliphatic heterocycles. The molecule has 1 N–H and O–H groups in total. The van der Waals surface area contributed by atoms with Gasteiger partial charge < -0.3 is 19.3 Å². The predicted octanol–water partition coefficient (Wildman–Crippen LogP) is 5.21. The van der Waals surface area contributed by atoms with Crippen LogP contribution in [0.15, 0.2) is 0 Å². The van der Waals surface area contributed by atoms with E-state index in [1.807, 2.05) is 0 Å². The van der Waals surface area contributed by atoms with Gasteiger partial charge in [0.15, 0.2) is 0 Å². The van der Waals surface area contributed by atoms with Crippen LogP contribution in [-0.4, -0.2) is 50.7 Å². The Labute approximate surface area is 160 Å². The first kappa shape index (κ1) is 25.4. The number of rotatable bonds is 21. The van der Waals surface area contributed by atoms with Crippen LogP contribution in [0.3, 0.4) is 0 Å². The fourth-order valence-corrected chi connectivity index (χ4v) is 2.90. The standard InChI is InChI=1S/C21H42O5/c1-3-4-5-6-7-8-9-10-11-12-13-14-16-25-19-20(18-24-2)26-17-15-21(22)23/h20H,3-19H2,1-2H3,(H,22,23). The molecule has 0 fully saturated rings. The van der Waals surface area contributed by atoms with Gasteiger partial charge in [-0.3, -0.25) is 4.79 Å². The minimum atomic E-state index is -0.849. The number of ether oxygens (including phenoxy) is 3. The molecule has 0 amide bonds. The van der Waals surface area contributed by atoms with Crippen molar-refractivity contribution >= 4 is 5.97 Å². The summed E-state index contributed by atoms with van der Waals surface area (Å²) in [6.45, 7) is 4.09. The number of hydrogen-bond acceptors (Lipinski definition) is 4. The maximum atomic E-state index is 10.5. The van der Waals surface area contributed by atoms with Crippen molar-refractivity contribution in [3.8, 4) is 0 Å². The lowest BCUT2D eigenvalue weighted by atomic mass is 10.1. The summed E-state index contributed by atoms with van der Waals surface area (Å²) < 4.78 is 16.2. The van der Waals surface area contributed by atoms with Gasteiger partial charge >= 0.3 is 5.97 Å².